The van der Waals surface area contributed by atoms with Gasteiger partial charge in [0, 0.05) is 0 Å². The van der Waals surface area contributed by atoms with Gasteiger partial charge in [-0.3, -0.25) is 4.79 Å². The highest BCUT2D eigenvalue weighted by Gasteiger charge is 2.15. The topological polar surface area (TPSA) is 92.9 Å². The van der Waals surface area contributed by atoms with E-state index in [9.17, 15) is 9.90 Å². The molecule has 3 rings (SSSR count). The van der Waals surface area contributed by atoms with Crippen LogP contribution in [-0.2, 0) is 0 Å². The van der Waals surface area contributed by atoms with Gasteiger partial charge in [0.25, 0.3) is 11.7 Å². The zero-order valence-corrected chi connectivity index (χ0v) is 11.8. The van der Waals surface area contributed by atoms with Gasteiger partial charge >= 0.3 is 0 Å². The summed E-state index contributed by atoms with van der Waals surface area (Å²) < 4.78 is 0. The molecule has 2 aromatic carbocycles. The second-order valence-electron chi connectivity index (χ2n) is 4.71. The fourth-order valence-electron chi connectivity index (χ4n) is 1.85. The van der Waals surface area contributed by atoms with Gasteiger partial charge in [-0.25, -0.2) is 0 Å². The molecule has 1 heterocycles. The summed E-state index contributed by atoms with van der Waals surface area (Å²) in [5.74, 6) is -0.648. The van der Waals surface area contributed by atoms with E-state index in [4.69, 9.17) is 0 Å². The van der Waals surface area contributed by atoms with Gasteiger partial charge in [0.15, 0.2) is 0 Å². The van der Waals surface area contributed by atoms with E-state index in [-0.39, 0.29) is 11.6 Å². The lowest BCUT2D eigenvalue weighted by Gasteiger charge is -2.03. The van der Waals surface area contributed by atoms with Crippen molar-refractivity contribution in [1.82, 2.24) is 20.2 Å². The number of phenolic OH excluding ortho intramolecular Hbond substituents is 1. The molecule has 0 bridgehead atoms. The number of anilines is 1. The average Bonchev–Trinajstić information content (AvgIpc) is 3.00. The van der Waals surface area contributed by atoms with E-state index in [0.29, 0.717) is 11.4 Å². The number of nitrogens with zero attached hydrogens (tertiary/aromatic N) is 4. The maximum absolute atomic E-state index is 12.1. The quantitative estimate of drug-likeness (QED) is 0.720. The Labute approximate surface area is 126 Å². The number of nitrogens with one attached hydrogen (secondary N) is 1. The average molecular weight is 295 g/mol. The third-order valence-electron chi connectivity index (χ3n) is 3.03. The van der Waals surface area contributed by atoms with Crippen LogP contribution in [0.3, 0.4) is 0 Å². The Kier molecular flexibility index (Phi) is 3.53. The summed E-state index contributed by atoms with van der Waals surface area (Å²) in [6, 6.07) is 13.9. The molecule has 1 aromatic heterocycles. The highest BCUT2D eigenvalue weighted by molar-refractivity contribution is 6.02. The predicted molar refractivity (Wildman–Crippen MR) is 80.0 cm³/mol. The fourth-order valence-corrected chi connectivity index (χ4v) is 1.85. The lowest BCUT2D eigenvalue weighted by atomic mass is 10.2. The number of hydrogen-bond acceptors (Lipinski definition) is 5. The molecular formula is C15H13N5O2. The van der Waals surface area contributed by atoms with Gasteiger partial charge in [-0.2, -0.15) is 0 Å². The van der Waals surface area contributed by atoms with Crippen LogP contribution in [0.5, 0.6) is 5.75 Å². The number of hydrogen-bond donors (Lipinski definition) is 2. The Morgan fingerprint density at radius 3 is 2.59 bits per heavy atom. The van der Waals surface area contributed by atoms with Gasteiger partial charge in [-0.05, 0) is 36.4 Å². The molecule has 0 spiro atoms. The molecule has 22 heavy (non-hydrogen) atoms. The van der Waals surface area contributed by atoms with E-state index in [2.05, 4.69) is 20.7 Å². The minimum absolute atomic E-state index is 0.0261. The van der Waals surface area contributed by atoms with E-state index in [1.165, 1.54) is 10.9 Å². The van der Waals surface area contributed by atoms with Crippen molar-refractivity contribution in [3.63, 3.8) is 0 Å². The van der Waals surface area contributed by atoms with Gasteiger partial charge < -0.3 is 10.4 Å². The number of rotatable bonds is 3. The number of aryl methyl sites for hydroxylation is 1. The SMILES string of the molecule is Cc1ccc(-n2nnc(C(=O)Nc3ccccc3O)n2)cc1. The van der Waals surface area contributed by atoms with Crippen molar-refractivity contribution >= 4 is 11.6 Å². The fraction of sp³-hybridized carbons (Fsp3) is 0.0667. The highest BCUT2D eigenvalue weighted by atomic mass is 16.3. The van der Waals surface area contributed by atoms with Crippen molar-refractivity contribution < 1.29 is 9.90 Å². The maximum Gasteiger partial charge on any atom is 0.297 e. The highest BCUT2D eigenvalue weighted by Crippen LogP contribution is 2.21. The molecule has 0 unspecified atom stereocenters. The summed E-state index contributed by atoms with van der Waals surface area (Å²) in [4.78, 5) is 13.3. The van der Waals surface area contributed by atoms with Crippen LogP contribution in [0.1, 0.15) is 16.2 Å². The Morgan fingerprint density at radius 2 is 1.86 bits per heavy atom. The Morgan fingerprint density at radius 1 is 1.14 bits per heavy atom. The molecule has 7 nitrogen and oxygen atoms in total. The van der Waals surface area contributed by atoms with Crippen LogP contribution in [-0.4, -0.2) is 31.2 Å². The monoisotopic (exact) mass is 295 g/mol. The van der Waals surface area contributed by atoms with E-state index < -0.39 is 5.91 Å². The molecular weight excluding hydrogens is 282 g/mol. The van der Waals surface area contributed by atoms with Crippen molar-refractivity contribution in [2.45, 2.75) is 6.92 Å². The number of aromatic nitrogens is 4. The normalized spacial score (nSPS) is 10.4. The van der Waals surface area contributed by atoms with Crippen molar-refractivity contribution in [3.8, 4) is 11.4 Å². The van der Waals surface area contributed by atoms with E-state index in [0.717, 1.165) is 5.56 Å². The molecule has 3 aromatic rings. The number of benzene rings is 2. The number of aromatic hydroxyl groups is 1. The summed E-state index contributed by atoms with van der Waals surface area (Å²) in [5.41, 5.74) is 2.11. The first kappa shape index (κ1) is 13.7. The van der Waals surface area contributed by atoms with Crippen LogP contribution < -0.4 is 5.32 Å². The number of tetrazole rings is 1. The molecule has 110 valence electrons. The second kappa shape index (κ2) is 5.65. The standard InChI is InChI=1S/C15H13N5O2/c1-10-6-8-11(9-7-10)20-18-14(17-19-20)15(22)16-12-4-2-3-5-13(12)21/h2-9,21H,1H3,(H,16,22). The third-order valence-corrected chi connectivity index (χ3v) is 3.03. The van der Waals surface area contributed by atoms with Gasteiger partial charge in [-0.15, -0.1) is 15.0 Å². The molecule has 0 radical (unpaired) electrons. The molecule has 0 aliphatic carbocycles. The molecule has 1 amide bonds. The van der Waals surface area contributed by atoms with E-state index in [1.807, 2.05) is 31.2 Å². The molecule has 0 saturated heterocycles. The van der Waals surface area contributed by atoms with Crippen molar-refractivity contribution in [2.75, 3.05) is 5.32 Å². The number of carbonyl (C=O) groups excluding carboxylic acids is 1. The van der Waals surface area contributed by atoms with Crippen LogP contribution in [0.25, 0.3) is 5.69 Å². The zero-order chi connectivity index (χ0) is 15.5. The summed E-state index contributed by atoms with van der Waals surface area (Å²) >= 11 is 0. The first-order valence-electron chi connectivity index (χ1n) is 6.60. The maximum atomic E-state index is 12.1. The molecule has 0 aliphatic rings. The van der Waals surface area contributed by atoms with Crippen LogP contribution in [0.4, 0.5) is 5.69 Å². The lowest BCUT2D eigenvalue weighted by Crippen LogP contribution is -2.14. The van der Waals surface area contributed by atoms with Gasteiger partial charge in [0.2, 0.25) is 0 Å². The first-order chi connectivity index (χ1) is 10.6. The number of para-hydroxylation sites is 2. The summed E-state index contributed by atoms with van der Waals surface area (Å²) in [6.45, 7) is 1.98. The summed E-state index contributed by atoms with van der Waals surface area (Å²) in [6.07, 6.45) is 0. The summed E-state index contributed by atoms with van der Waals surface area (Å²) in [7, 11) is 0. The van der Waals surface area contributed by atoms with Gasteiger partial charge in [0.05, 0.1) is 11.4 Å². The van der Waals surface area contributed by atoms with Crippen molar-refractivity contribution in [1.29, 1.82) is 0 Å². The van der Waals surface area contributed by atoms with Crippen LogP contribution in [0.2, 0.25) is 0 Å². The molecule has 2 N–H and O–H groups in total. The Bertz CT molecular complexity index is 811. The lowest BCUT2D eigenvalue weighted by molar-refractivity contribution is 0.101. The Hall–Kier alpha value is -3.22. The minimum Gasteiger partial charge on any atom is -0.506 e. The Balaban J connectivity index is 1.80. The zero-order valence-electron chi connectivity index (χ0n) is 11.8. The first-order valence-corrected chi connectivity index (χ1v) is 6.60. The second-order valence-corrected chi connectivity index (χ2v) is 4.71. The number of phenols is 1. The molecule has 0 saturated carbocycles. The molecule has 0 fully saturated rings. The smallest absolute Gasteiger partial charge is 0.297 e. The van der Waals surface area contributed by atoms with Crippen molar-refractivity contribution in [3.05, 3.63) is 59.9 Å². The summed E-state index contributed by atoms with van der Waals surface area (Å²) in [5, 5.41) is 23.8. The number of carbonyl (C=O) groups is 1. The molecule has 0 aliphatic heterocycles. The molecule has 7 heteroatoms. The number of amides is 1. The van der Waals surface area contributed by atoms with Crippen LogP contribution in [0.15, 0.2) is 48.5 Å². The minimum atomic E-state index is -0.542. The van der Waals surface area contributed by atoms with Crippen LogP contribution >= 0.6 is 0 Å². The molecule has 0 atom stereocenters. The van der Waals surface area contributed by atoms with Crippen molar-refractivity contribution in [2.24, 2.45) is 0 Å². The van der Waals surface area contributed by atoms with E-state index in [1.54, 1.807) is 18.2 Å². The third kappa shape index (κ3) is 2.78. The van der Waals surface area contributed by atoms with Gasteiger partial charge in [-0.1, -0.05) is 29.8 Å². The van der Waals surface area contributed by atoms with Crippen LogP contribution in [0, 0.1) is 6.92 Å². The largest absolute Gasteiger partial charge is 0.506 e. The predicted octanol–water partition coefficient (Wildman–Crippen LogP) is 1.93. The van der Waals surface area contributed by atoms with Gasteiger partial charge in [0.1, 0.15) is 5.75 Å². The van der Waals surface area contributed by atoms with E-state index >= 15 is 0 Å².